The summed E-state index contributed by atoms with van der Waals surface area (Å²) in [5.74, 6) is 1.07. The first-order chi connectivity index (χ1) is 17.0. The van der Waals surface area contributed by atoms with Gasteiger partial charge in [0.25, 0.3) is 6.47 Å². The van der Waals surface area contributed by atoms with Gasteiger partial charge in [-0.05, 0) is 85.2 Å². The number of hydrogen-bond donors (Lipinski definition) is 2. The summed E-state index contributed by atoms with van der Waals surface area (Å²) in [6.45, 7) is 2.92. The van der Waals surface area contributed by atoms with Crippen LogP contribution in [0.4, 0.5) is 5.82 Å². The summed E-state index contributed by atoms with van der Waals surface area (Å²) in [5.41, 5.74) is 5.96. The average molecular weight is 511 g/mol. The third-order valence-corrected chi connectivity index (χ3v) is 6.67. The van der Waals surface area contributed by atoms with Gasteiger partial charge in [0.2, 0.25) is 0 Å². The molecule has 6 nitrogen and oxygen atoms in total. The van der Waals surface area contributed by atoms with Crippen molar-refractivity contribution in [1.29, 1.82) is 0 Å². The van der Waals surface area contributed by atoms with Crippen LogP contribution in [-0.2, 0) is 24.1 Å². The van der Waals surface area contributed by atoms with Gasteiger partial charge in [-0.1, -0.05) is 42.3 Å². The van der Waals surface area contributed by atoms with Gasteiger partial charge >= 0.3 is 0 Å². The summed E-state index contributed by atoms with van der Waals surface area (Å²) < 4.78 is 2.08. The fourth-order valence-corrected chi connectivity index (χ4v) is 5.15. The maximum atomic E-state index is 8.36. The first-order valence-electron chi connectivity index (χ1n) is 11.7. The minimum atomic E-state index is -0.250. The zero-order valence-corrected chi connectivity index (χ0v) is 21.1. The van der Waals surface area contributed by atoms with Crippen LogP contribution in [0.15, 0.2) is 54.7 Å². The Kier molecular flexibility index (Phi) is 8.26. The van der Waals surface area contributed by atoms with E-state index in [-0.39, 0.29) is 12.5 Å². The van der Waals surface area contributed by atoms with Gasteiger partial charge in [0, 0.05) is 27.7 Å². The molecule has 0 radical (unpaired) electrons. The topological polar surface area (TPSA) is 80.0 Å². The zero-order valence-electron chi connectivity index (χ0n) is 19.5. The molecule has 0 amide bonds. The third-order valence-electron chi connectivity index (χ3n) is 6.23. The van der Waals surface area contributed by atoms with E-state index in [9.17, 15) is 0 Å². The number of hydrogen-bond acceptors (Lipinski definition) is 4. The van der Waals surface area contributed by atoms with Gasteiger partial charge in [-0.15, -0.1) is 0 Å². The molecule has 2 aromatic heterocycles. The quantitative estimate of drug-likeness (QED) is 0.286. The molecule has 3 heterocycles. The van der Waals surface area contributed by atoms with Crippen molar-refractivity contribution in [3.63, 3.8) is 0 Å². The molecule has 4 aromatic rings. The summed E-state index contributed by atoms with van der Waals surface area (Å²) in [6.07, 6.45) is 7.03. The van der Waals surface area contributed by atoms with Crippen LogP contribution in [0.1, 0.15) is 48.2 Å². The molecule has 0 bridgehead atoms. The first kappa shape index (κ1) is 25.0. The summed E-state index contributed by atoms with van der Waals surface area (Å²) >= 11 is 12.5. The Morgan fingerprint density at radius 1 is 1.11 bits per heavy atom. The van der Waals surface area contributed by atoms with E-state index in [0.717, 1.165) is 60.2 Å². The molecule has 182 valence electrons. The van der Waals surface area contributed by atoms with Gasteiger partial charge in [-0.2, -0.15) is 5.10 Å². The second-order valence-electron chi connectivity index (χ2n) is 8.56. The number of carboxylic acid groups (broad SMARTS) is 1. The maximum Gasteiger partial charge on any atom is 0.290 e. The monoisotopic (exact) mass is 510 g/mol. The highest BCUT2D eigenvalue weighted by molar-refractivity contribution is 6.34. The van der Waals surface area contributed by atoms with Crippen molar-refractivity contribution in [2.24, 2.45) is 0 Å². The average Bonchev–Trinajstić information content (AvgIpc) is 3.26. The molecule has 35 heavy (non-hydrogen) atoms. The summed E-state index contributed by atoms with van der Waals surface area (Å²) in [4.78, 5) is 13.2. The minimum Gasteiger partial charge on any atom is -0.483 e. The van der Waals surface area contributed by atoms with Crippen LogP contribution in [0.2, 0.25) is 10.0 Å². The van der Waals surface area contributed by atoms with E-state index in [1.165, 1.54) is 17.5 Å². The molecule has 1 unspecified atom stereocenters. The van der Waals surface area contributed by atoms with E-state index < -0.39 is 0 Å². The molecule has 1 aliphatic rings. The molecule has 0 fully saturated rings. The van der Waals surface area contributed by atoms with E-state index in [1.807, 2.05) is 18.3 Å². The second-order valence-corrected chi connectivity index (χ2v) is 9.43. The van der Waals surface area contributed by atoms with Crippen LogP contribution in [-0.4, -0.2) is 32.9 Å². The van der Waals surface area contributed by atoms with Gasteiger partial charge in [0.1, 0.15) is 5.82 Å². The smallest absolute Gasteiger partial charge is 0.290 e. The van der Waals surface area contributed by atoms with Crippen molar-refractivity contribution < 1.29 is 9.90 Å². The molecular weight excluding hydrogens is 483 g/mol. The Bertz CT molecular complexity index is 1300. The minimum absolute atomic E-state index is 0.0849. The van der Waals surface area contributed by atoms with Crippen molar-refractivity contribution in [1.82, 2.24) is 14.8 Å². The third kappa shape index (κ3) is 5.95. The van der Waals surface area contributed by atoms with Crippen LogP contribution in [0.25, 0.3) is 10.9 Å². The first-order valence-corrected chi connectivity index (χ1v) is 12.5. The molecule has 2 aromatic carbocycles. The standard InChI is InChI=1S/C26H26Cl2N4.CH2O2/c1-2-24(19-13-21(27)15-22(28)14-19)32-25-10-6-17(12-20(25)16-30-32)5-8-23-9-7-18-4-3-11-29-26(18)31-23;2-1-3/h6-7,9-10,12-16,24H,2-5,8,11H2,1H3,(H,29,31);1H,(H,2,3). The molecule has 8 heteroatoms. The number of carbonyl (C=O) groups is 1. The summed E-state index contributed by atoms with van der Waals surface area (Å²) in [7, 11) is 0. The molecule has 1 atom stereocenters. The molecule has 0 saturated heterocycles. The Hall–Kier alpha value is -3.09. The van der Waals surface area contributed by atoms with E-state index >= 15 is 0 Å². The number of anilines is 1. The number of nitrogens with one attached hydrogen (secondary N) is 1. The van der Waals surface area contributed by atoms with Crippen molar-refractivity contribution in [2.45, 2.75) is 45.1 Å². The van der Waals surface area contributed by atoms with Crippen molar-refractivity contribution >= 4 is 46.4 Å². The highest BCUT2D eigenvalue weighted by Gasteiger charge is 2.17. The predicted molar refractivity (Wildman–Crippen MR) is 142 cm³/mol. The lowest BCUT2D eigenvalue weighted by Crippen LogP contribution is -2.14. The number of halogens is 2. The number of pyridine rings is 1. The number of fused-ring (bicyclic) bond motifs is 2. The highest BCUT2D eigenvalue weighted by Crippen LogP contribution is 2.30. The molecule has 0 saturated carbocycles. The molecular formula is C27H28Cl2N4O2. The highest BCUT2D eigenvalue weighted by atomic mass is 35.5. The Morgan fingerprint density at radius 3 is 2.63 bits per heavy atom. The van der Waals surface area contributed by atoms with E-state index in [1.54, 1.807) is 6.07 Å². The maximum absolute atomic E-state index is 8.36. The molecule has 0 aliphatic carbocycles. The number of aromatic nitrogens is 3. The fourth-order valence-electron chi connectivity index (χ4n) is 4.60. The normalized spacial score (nSPS) is 13.3. The SMILES string of the molecule is CCC(c1cc(Cl)cc(Cl)c1)n1ncc2cc(CCc3ccc4c(n3)NCCC4)ccc21.O=CO. The van der Waals surface area contributed by atoms with Crippen LogP contribution < -0.4 is 5.32 Å². The second kappa shape index (κ2) is 11.6. The Balaban J connectivity index is 0.000000917. The number of benzene rings is 2. The number of aryl methyl sites for hydroxylation is 3. The van der Waals surface area contributed by atoms with Gasteiger partial charge in [-0.25, -0.2) is 4.98 Å². The van der Waals surface area contributed by atoms with Crippen molar-refractivity contribution in [3.05, 3.63) is 87.2 Å². The Labute approximate surface area is 214 Å². The molecule has 1 aliphatic heterocycles. The predicted octanol–water partition coefficient (Wildman–Crippen LogP) is 6.58. The van der Waals surface area contributed by atoms with E-state index in [2.05, 4.69) is 47.3 Å². The fraction of sp³-hybridized carbons (Fsp3) is 0.296. The van der Waals surface area contributed by atoms with Gasteiger partial charge in [0.15, 0.2) is 0 Å². The lowest BCUT2D eigenvalue weighted by molar-refractivity contribution is -0.122. The molecule has 0 spiro atoms. The van der Waals surface area contributed by atoms with E-state index in [4.69, 9.17) is 43.2 Å². The number of nitrogens with zero attached hydrogens (tertiary/aromatic N) is 3. The van der Waals surface area contributed by atoms with E-state index in [0.29, 0.717) is 10.0 Å². The van der Waals surface area contributed by atoms with Gasteiger partial charge in [0.05, 0.1) is 17.8 Å². The molecule has 2 N–H and O–H groups in total. The lowest BCUT2D eigenvalue weighted by atomic mass is 10.0. The van der Waals surface area contributed by atoms with Crippen molar-refractivity contribution in [2.75, 3.05) is 11.9 Å². The zero-order chi connectivity index (χ0) is 24.8. The van der Waals surface area contributed by atoms with Crippen LogP contribution in [0.5, 0.6) is 0 Å². The van der Waals surface area contributed by atoms with Crippen LogP contribution >= 0.6 is 23.2 Å². The van der Waals surface area contributed by atoms with Crippen LogP contribution in [0, 0.1) is 0 Å². The van der Waals surface area contributed by atoms with Crippen LogP contribution in [0.3, 0.4) is 0 Å². The largest absolute Gasteiger partial charge is 0.483 e. The van der Waals surface area contributed by atoms with Gasteiger partial charge in [-0.3, -0.25) is 9.48 Å². The summed E-state index contributed by atoms with van der Waals surface area (Å²) in [6, 6.07) is 16.8. The van der Waals surface area contributed by atoms with Gasteiger partial charge < -0.3 is 10.4 Å². The molecule has 5 rings (SSSR count). The number of rotatable bonds is 6. The Morgan fingerprint density at radius 2 is 1.89 bits per heavy atom. The summed E-state index contributed by atoms with van der Waals surface area (Å²) in [5, 5.41) is 17.5. The lowest BCUT2D eigenvalue weighted by Gasteiger charge is -2.18. The van der Waals surface area contributed by atoms with Crippen molar-refractivity contribution in [3.8, 4) is 0 Å².